The topological polar surface area (TPSA) is 80.5 Å². The fraction of sp³-hybridized carbons (Fsp3) is 0.471. The summed E-state index contributed by atoms with van der Waals surface area (Å²) in [6, 6.07) is 3.74. The number of fused-ring (bicyclic) bond motifs is 1. The number of hydrogen-bond acceptors (Lipinski definition) is 6. The van der Waals surface area contributed by atoms with Crippen molar-refractivity contribution < 1.29 is 8.42 Å². The highest BCUT2D eigenvalue weighted by Gasteiger charge is 2.32. The second-order valence-corrected chi connectivity index (χ2v) is 9.61. The Bertz CT molecular complexity index is 1030. The molecular weight excluding hydrogens is 370 g/mol. The van der Waals surface area contributed by atoms with Crippen molar-refractivity contribution >= 4 is 27.2 Å². The molecule has 0 radical (unpaired) electrons. The maximum absolute atomic E-state index is 12.8. The number of rotatable bonds is 4. The smallest absolute Gasteiger partial charge is 0.221 e. The quantitative estimate of drug-likeness (QED) is 0.683. The van der Waals surface area contributed by atoms with Crippen LogP contribution in [-0.4, -0.2) is 44.8 Å². The summed E-state index contributed by atoms with van der Waals surface area (Å²) >= 11 is 1.06. The highest BCUT2D eigenvalue weighted by atomic mass is 32.2. The number of sulfonamides is 1. The Hall–Kier alpha value is -1.84. The third-order valence-electron chi connectivity index (χ3n) is 5.01. The maximum atomic E-state index is 12.8. The fourth-order valence-electron chi connectivity index (χ4n) is 3.59. The average Bonchev–Trinajstić information content (AvgIpc) is 3.29. The molecule has 9 heteroatoms. The molecule has 138 valence electrons. The van der Waals surface area contributed by atoms with Crippen molar-refractivity contribution in [3.63, 3.8) is 0 Å². The minimum absolute atomic E-state index is 0.340. The van der Waals surface area contributed by atoms with Crippen molar-refractivity contribution in [2.24, 2.45) is 0 Å². The first-order valence-corrected chi connectivity index (χ1v) is 11.0. The third-order valence-corrected chi connectivity index (χ3v) is 8.22. The van der Waals surface area contributed by atoms with Crippen LogP contribution in [0.15, 0.2) is 28.9 Å². The number of piperidine rings is 1. The first kappa shape index (κ1) is 17.6. The molecule has 3 aromatic heterocycles. The number of aromatic nitrogens is 4. The standard InChI is InChI=1S/C17H21N5O2S2/c1-3-13-9-16-18-11-19-22(16)10-15(13)14-4-6-21(7-5-14)26(23,24)17-8-12(2)20-25-17/h8-11,14H,3-7H2,1-2H3. The Morgan fingerprint density at radius 2 is 2.04 bits per heavy atom. The first-order chi connectivity index (χ1) is 12.5. The molecule has 0 N–H and O–H groups in total. The SMILES string of the molecule is CCc1cc2ncnn2cc1C1CCN(S(=O)(=O)c2cc(C)ns2)CC1. The second kappa shape index (κ2) is 6.71. The van der Waals surface area contributed by atoms with Gasteiger partial charge in [0.25, 0.3) is 10.0 Å². The van der Waals surface area contributed by atoms with Crippen molar-refractivity contribution in [2.75, 3.05) is 13.1 Å². The summed E-state index contributed by atoms with van der Waals surface area (Å²) < 4.78 is 33.4. The molecule has 0 aliphatic carbocycles. The molecular formula is C17H21N5O2S2. The van der Waals surface area contributed by atoms with Gasteiger partial charge in [-0.3, -0.25) is 0 Å². The van der Waals surface area contributed by atoms with E-state index in [1.54, 1.807) is 21.2 Å². The van der Waals surface area contributed by atoms with Gasteiger partial charge in [0, 0.05) is 19.3 Å². The van der Waals surface area contributed by atoms with Crippen LogP contribution in [0, 0.1) is 6.92 Å². The van der Waals surface area contributed by atoms with Crippen LogP contribution < -0.4 is 0 Å². The van der Waals surface area contributed by atoms with Crippen LogP contribution >= 0.6 is 11.5 Å². The predicted molar refractivity (Wildman–Crippen MR) is 99.9 cm³/mol. The molecule has 3 aromatic rings. The Balaban J connectivity index is 1.55. The number of hydrogen-bond donors (Lipinski definition) is 0. The second-order valence-electron chi connectivity index (χ2n) is 6.64. The summed E-state index contributed by atoms with van der Waals surface area (Å²) in [5.41, 5.74) is 4.13. The van der Waals surface area contributed by atoms with Gasteiger partial charge in [-0.25, -0.2) is 17.9 Å². The van der Waals surface area contributed by atoms with Crippen LogP contribution in [0.2, 0.25) is 0 Å². The summed E-state index contributed by atoms with van der Waals surface area (Å²) in [5.74, 6) is 0.341. The van der Waals surface area contributed by atoms with Gasteiger partial charge in [-0.2, -0.15) is 13.8 Å². The van der Waals surface area contributed by atoms with Crippen LogP contribution in [0.1, 0.15) is 42.5 Å². The van der Waals surface area contributed by atoms with Gasteiger partial charge < -0.3 is 0 Å². The average molecular weight is 392 g/mol. The summed E-state index contributed by atoms with van der Waals surface area (Å²) in [4.78, 5) is 4.25. The lowest BCUT2D eigenvalue weighted by molar-refractivity contribution is 0.319. The number of pyridine rings is 1. The monoisotopic (exact) mass is 391 g/mol. The minimum Gasteiger partial charge on any atom is -0.221 e. The summed E-state index contributed by atoms with van der Waals surface area (Å²) in [6.07, 6.45) is 6.17. The molecule has 0 atom stereocenters. The molecule has 1 aliphatic heterocycles. The highest BCUT2D eigenvalue weighted by molar-refractivity contribution is 7.91. The Kier molecular flexibility index (Phi) is 4.54. The van der Waals surface area contributed by atoms with Gasteiger partial charge in [-0.15, -0.1) is 0 Å². The first-order valence-electron chi connectivity index (χ1n) is 8.74. The zero-order chi connectivity index (χ0) is 18.3. The van der Waals surface area contributed by atoms with Gasteiger partial charge in [0.05, 0.1) is 5.69 Å². The summed E-state index contributed by atoms with van der Waals surface area (Å²) in [5, 5.41) is 4.24. The van der Waals surface area contributed by atoms with Gasteiger partial charge in [-0.1, -0.05) is 6.92 Å². The van der Waals surface area contributed by atoms with Crippen molar-refractivity contribution in [3.05, 3.63) is 41.5 Å². The van der Waals surface area contributed by atoms with Crippen molar-refractivity contribution in [1.82, 2.24) is 23.3 Å². The van der Waals surface area contributed by atoms with Crippen LogP contribution in [0.3, 0.4) is 0 Å². The molecule has 0 unspecified atom stereocenters. The van der Waals surface area contributed by atoms with Gasteiger partial charge in [-0.05, 0) is 66.9 Å². The lowest BCUT2D eigenvalue weighted by Crippen LogP contribution is -2.37. The molecule has 0 amide bonds. The Morgan fingerprint density at radius 1 is 1.27 bits per heavy atom. The highest BCUT2D eigenvalue weighted by Crippen LogP contribution is 2.33. The van der Waals surface area contributed by atoms with E-state index >= 15 is 0 Å². The lowest BCUT2D eigenvalue weighted by Gasteiger charge is -2.31. The van der Waals surface area contributed by atoms with E-state index in [1.165, 1.54) is 11.1 Å². The Morgan fingerprint density at radius 3 is 2.69 bits per heavy atom. The van der Waals surface area contributed by atoms with Crippen molar-refractivity contribution in [2.45, 2.75) is 43.2 Å². The zero-order valence-electron chi connectivity index (χ0n) is 14.8. The zero-order valence-corrected chi connectivity index (χ0v) is 16.4. The van der Waals surface area contributed by atoms with Gasteiger partial charge in [0.1, 0.15) is 6.33 Å². The van der Waals surface area contributed by atoms with Gasteiger partial charge in [0.2, 0.25) is 0 Å². The maximum Gasteiger partial charge on any atom is 0.254 e. The number of nitrogens with zero attached hydrogens (tertiary/aromatic N) is 5. The van der Waals surface area contributed by atoms with Gasteiger partial charge >= 0.3 is 0 Å². The molecule has 26 heavy (non-hydrogen) atoms. The number of aryl methyl sites for hydroxylation is 2. The molecule has 1 saturated heterocycles. The van der Waals surface area contributed by atoms with E-state index in [2.05, 4.69) is 33.6 Å². The predicted octanol–water partition coefficient (Wildman–Crippen LogP) is 2.62. The van der Waals surface area contributed by atoms with Crippen LogP contribution in [0.4, 0.5) is 0 Å². The van der Waals surface area contributed by atoms with Crippen molar-refractivity contribution in [3.8, 4) is 0 Å². The Labute approximate surface area is 156 Å². The molecule has 0 bridgehead atoms. The van der Waals surface area contributed by atoms with E-state index in [9.17, 15) is 8.42 Å². The van der Waals surface area contributed by atoms with E-state index in [4.69, 9.17) is 0 Å². The van der Waals surface area contributed by atoms with E-state index in [1.807, 2.05) is 6.92 Å². The van der Waals surface area contributed by atoms with Crippen LogP contribution in [0.25, 0.3) is 5.65 Å². The molecule has 1 fully saturated rings. The molecule has 0 spiro atoms. The molecule has 1 aliphatic rings. The van der Waals surface area contributed by atoms with Crippen molar-refractivity contribution in [1.29, 1.82) is 0 Å². The largest absolute Gasteiger partial charge is 0.254 e. The van der Waals surface area contributed by atoms with E-state index in [0.717, 1.165) is 42.1 Å². The minimum atomic E-state index is -3.43. The van der Waals surface area contributed by atoms with E-state index in [-0.39, 0.29) is 0 Å². The van der Waals surface area contributed by atoms with Crippen LogP contribution in [-0.2, 0) is 16.4 Å². The molecule has 0 aromatic carbocycles. The summed E-state index contributed by atoms with van der Waals surface area (Å²) in [7, 11) is -3.43. The molecule has 0 saturated carbocycles. The third kappa shape index (κ3) is 3.04. The normalized spacial score (nSPS) is 17.2. The summed E-state index contributed by atoms with van der Waals surface area (Å²) in [6.45, 7) is 5.01. The van der Waals surface area contributed by atoms with Crippen LogP contribution in [0.5, 0.6) is 0 Å². The molecule has 4 rings (SSSR count). The molecule has 7 nitrogen and oxygen atoms in total. The molecule has 4 heterocycles. The lowest BCUT2D eigenvalue weighted by atomic mass is 9.87. The fourth-order valence-corrected chi connectivity index (χ4v) is 6.17. The van der Waals surface area contributed by atoms with Gasteiger partial charge in [0.15, 0.2) is 9.86 Å². The van der Waals surface area contributed by atoms with E-state index in [0.29, 0.717) is 23.2 Å². The van der Waals surface area contributed by atoms with E-state index < -0.39 is 10.0 Å².